The van der Waals surface area contributed by atoms with Gasteiger partial charge in [0, 0.05) is 18.5 Å². The highest BCUT2D eigenvalue weighted by Crippen LogP contribution is 2.35. The fourth-order valence-corrected chi connectivity index (χ4v) is 3.95. The summed E-state index contributed by atoms with van der Waals surface area (Å²) in [6.07, 6.45) is 7.01. The van der Waals surface area contributed by atoms with E-state index >= 15 is 0 Å². The molecule has 0 spiro atoms. The van der Waals surface area contributed by atoms with Gasteiger partial charge in [0.1, 0.15) is 5.75 Å². The molecule has 2 fully saturated rings. The lowest BCUT2D eigenvalue weighted by molar-refractivity contribution is 0.0313. The van der Waals surface area contributed by atoms with Crippen LogP contribution in [0, 0.1) is 5.92 Å². The minimum atomic E-state index is -0.0968. The zero-order chi connectivity index (χ0) is 13.9. The van der Waals surface area contributed by atoms with Gasteiger partial charge in [-0.05, 0) is 49.9 Å². The first-order valence-electron chi connectivity index (χ1n) is 7.94. The average Bonchev–Trinajstić information content (AvgIpc) is 2.88. The molecule has 20 heavy (non-hydrogen) atoms. The van der Waals surface area contributed by atoms with Gasteiger partial charge < -0.3 is 10.2 Å². The predicted octanol–water partition coefficient (Wildman–Crippen LogP) is 2.91. The van der Waals surface area contributed by atoms with Gasteiger partial charge in [0.05, 0.1) is 6.10 Å². The van der Waals surface area contributed by atoms with Crippen molar-refractivity contribution in [3.63, 3.8) is 0 Å². The summed E-state index contributed by atoms with van der Waals surface area (Å²) in [7, 11) is 0. The number of rotatable bonds is 3. The standard InChI is InChI=1S/C17H25NO2/c19-14-9-7-13(8-10-14)12-18-11-2-1-5-16(18)15-4-3-6-17(15)20/h7-10,15-17,19-20H,1-6,11-12H2. The van der Waals surface area contributed by atoms with Crippen molar-refractivity contribution in [3.8, 4) is 5.75 Å². The van der Waals surface area contributed by atoms with Gasteiger partial charge in [-0.1, -0.05) is 25.0 Å². The van der Waals surface area contributed by atoms with Crippen LogP contribution >= 0.6 is 0 Å². The lowest BCUT2D eigenvalue weighted by Crippen LogP contribution is -2.45. The number of benzene rings is 1. The summed E-state index contributed by atoms with van der Waals surface area (Å²) < 4.78 is 0. The van der Waals surface area contributed by atoms with Crippen LogP contribution in [0.15, 0.2) is 24.3 Å². The summed E-state index contributed by atoms with van der Waals surface area (Å²) in [5.41, 5.74) is 1.25. The second-order valence-corrected chi connectivity index (χ2v) is 6.36. The molecule has 1 aromatic rings. The van der Waals surface area contributed by atoms with Crippen molar-refractivity contribution in [2.75, 3.05) is 6.54 Å². The number of piperidine rings is 1. The van der Waals surface area contributed by atoms with Gasteiger partial charge in [-0.2, -0.15) is 0 Å². The van der Waals surface area contributed by atoms with E-state index in [1.165, 1.54) is 37.7 Å². The van der Waals surface area contributed by atoms with Gasteiger partial charge in [-0.3, -0.25) is 4.90 Å². The van der Waals surface area contributed by atoms with Crippen LogP contribution in [-0.2, 0) is 6.54 Å². The smallest absolute Gasteiger partial charge is 0.115 e. The van der Waals surface area contributed by atoms with Crippen molar-refractivity contribution >= 4 is 0 Å². The number of hydrogen-bond donors (Lipinski definition) is 2. The second-order valence-electron chi connectivity index (χ2n) is 6.36. The number of aliphatic hydroxyl groups excluding tert-OH is 1. The van der Waals surface area contributed by atoms with Crippen LogP contribution in [0.4, 0.5) is 0 Å². The van der Waals surface area contributed by atoms with Crippen molar-refractivity contribution in [1.82, 2.24) is 4.90 Å². The largest absolute Gasteiger partial charge is 0.508 e. The normalized spacial score (nSPS) is 31.6. The molecule has 2 N–H and O–H groups in total. The summed E-state index contributed by atoms with van der Waals surface area (Å²) in [4.78, 5) is 2.55. The van der Waals surface area contributed by atoms with Crippen molar-refractivity contribution < 1.29 is 10.2 Å². The summed E-state index contributed by atoms with van der Waals surface area (Å²) in [6.45, 7) is 2.07. The molecule has 1 aromatic carbocycles. The number of aliphatic hydroxyl groups is 1. The third kappa shape index (κ3) is 2.99. The van der Waals surface area contributed by atoms with Crippen molar-refractivity contribution in [3.05, 3.63) is 29.8 Å². The molecular formula is C17H25NO2. The predicted molar refractivity (Wildman–Crippen MR) is 79.5 cm³/mol. The Morgan fingerprint density at radius 2 is 1.80 bits per heavy atom. The third-order valence-corrected chi connectivity index (χ3v) is 5.01. The maximum atomic E-state index is 10.2. The molecule has 3 rings (SSSR count). The maximum absolute atomic E-state index is 10.2. The molecule has 3 heteroatoms. The van der Waals surface area contributed by atoms with Crippen LogP contribution in [0.3, 0.4) is 0 Å². The van der Waals surface area contributed by atoms with Crippen LogP contribution in [0.25, 0.3) is 0 Å². The fraction of sp³-hybridized carbons (Fsp3) is 0.647. The molecule has 3 nitrogen and oxygen atoms in total. The highest BCUT2D eigenvalue weighted by Gasteiger charge is 2.36. The van der Waals surface area contributed by atoms with E-state index in [2.05, 4.69) is 4.90 Å². The van der Waals surface area contributed by atoms with E-state index in [0.29, 0.717) is 17.7 Å². The molecule has 0 bridgehead atoms. The fourth-order valence-electron chi connectivity index (χ4n) is 3.95. The van der Waals surface area contributed by atoms with Gasteiger partial charge in [-0.15, -0.1) is 0 Å². The van der Waals surface area contributed by atoms with Crippen molar-refractivity contribution in [2.45, 2.75) is 57.2 Å². The van der Waals surface area contributed by atoms with Crippen LogP contribution < -0.4 is 0 Å². The SMILES string of the molecule is Oc1ccc(CN2CCCCC2C2CCCC2O)cc1. The van der Waals surface area contributed by atoms with E-state index in [4.69, 9.17) is 0 Å². The first-order valence-corrected chi connectivity index (χ1v) is 7.94. The molecule has 2 aliphatic rings. The quantitative estimate of drug-likeness (QED) is 0.891. The Morgan fingerprint density at radius 3 is 2.50 bits per heavy atom. The third-order valence-electron chi connectivity index (χ3n) is 5.01. The first-order chi connectivity index (χ1) is 9.74. The molecule has 0 amide bonds. The Kier molecular flexibility index (Phi) is 4.27. The average molecular weight is 275 g/mol. The van der Waals surface area contributed by atoms with Crippen LogP contribution in [0.5, 0.6) is 5.75 Å². The molecule has 110 valence electrons. The summed E-state index contributed by atoms with van der Waals surface area (Å²) in [5, 5.41) is 19.6. The van der Waals surface area contributed by atoms with E-state index in [9.17, 15) is 10.2 Å². The highest BCUT2D eigenvalue weighted by atomic mass is 16.3. The lowest BCUT2D eigenvalue weighted by Gasteiger charge is -2.40. The summed E-state index contributed by atoms with van der Waals surface area (Å²) in [6, 6.07) is 8.07. The van der Waals surface area contributed by atoms with Gasteiger partial charge in [0.25, 0.3) is 0 Å². The van der Waals surface area contributed by atoms with Crippen LogP contribution in [0.2, 0.25) is 0 Å². The molecule has 1 aliphatic heterocycles. The van der Waals surface area contributed by atoms with Gasteiger partial charge >= 0.3 is 0 Å². The molecule has 0 aromatic heterocycles. The molecule has 1 aliphatic carbocycles. The van der Waals surface area contributed by atoms with Gasteiger partial charge in [0.2, 0.25) is 0 Å². The van der Waals surface area contributed by atoms with Crippen molar-refractivity contribution in [1.29, 1.82) is 0 Å². The van der Waals surface area contributed by atoms with E-state index in [1.54, 1.807) is 12.1 Å². The van der Waals surface area contributed by atoms with E-state index in [-0.39, 0.29) is 6.10 Å². The molecule has 1 saturated heterocycles. The minimum absolute atomic E-state index is 0.0968. The highest BCUT2D eigenvalue weighted by molar-refractivity contribution is 5.25. The Hall–Kier alpha value is -1.06. The topological polar surface area (TPSA) is 43.7 Å². The number of hydrogen-bond acceptors (Lipinski definition) is 3. The Labute approximate surface area is 121 Å². The monoisotopic (exact) mass is 275 g/mol. The molecule has 1 saturated carbocycles. The summed E-state index contributed by atoms with van der Waals surface area (Å²) >= 11 is 0. The Bertz CT molecular complexity index is 431. The maximum Gasteiger partial charge on any atom is 0.115 e. The van der Waals surface area contributed by atoms with Gasteiger partial charge in [-0.25, -0.2) is 0 Å². The van der Waals surface area contributed by atoms with E-state index in [0.717, 1.165) is 19.5 Å². The van der Waals surface area contributed by atoms with Crippen molar-refractivity contribution in [2.24, 2.45) is 5.92 Å². The number of phenolic OH excluding ortho intramolecular Hbond substituents is 1. The number of phenols is 1. The minimum Gasteiger partial charge on any atom is -0.508 e. The van der Waals surface area contributed by atoms with E-state index < -0.39 is 0 Å². The van der Waals surface area contributed by atoms with Crippen LogP contribution in [-0.4, -0.2) is 33.8 Å². The molecular weight excluding hydrogens is 250 g/mol. The molecule has 3 atom stereocenters. The molecule has 0 radical (unpaired) electrons. The van der Waals surface area contributed by atoms with E-state index in [1.807, 2.05) is 12.1 Å². The van der Waals surface area contributed by atoms with Gasteiger partial charge in [0.15, 0.2) is 0 Å². The second kappa shape index (κ2) is 6.15. The first kappa shape index (κ1) is 13.9. The Morgan fingerprint density at radius 1 is 1.00 bits per heavy atom. The summed E-state index contributed by atoms with van der Waals surface area (Å²) in [5.74, 6) is 0.794. The number of likely N-dealkylation sites (tertiary alicyclic amines) is 1. The number of nitrogens with zero attached hydrogens (tertiary/aromatic N) is 1. The molecule has 3 unspecified atom stereocenters. The Balaban J connectivity index is 1.70. The zero-order valence-electron chi connectivity index (χ0n) is 12.0. The zero-order valence-corrected chi connectivity index (χ0v) is 12.0. The lowest BCUT2D eigenvalue weighted by atomic mass is 9.87. The number of aromatic hydroxyl groups is 1. The molecule has 1 heterocycles. The van der Waals surface area contributed by atoms with Crippen LogP contribution in [0.1, 0.15) is 44.1 Å².